The lowest BCUT2D eigenvalue weighted by atomic mass is 9.89. The van der Waals surface area contributed by atoms with Gasteiger partial charge in [-0.05, 0) is 73.2 Å². The van der Waals surface area contributed by atoms with E-state index in [-0.39, 0.29) is 17.7 Å². The summed E-state index contributed by atoms with van der Waals surface area (Å²) in [6.45, 7) is 2.06. The fraction of sp³-hybridized carbons (Fsp3) is 0.310. The van der Waals surface area contributed by atoms with Gasteiger partial charge < -0.3 is 15.0 Å². The van der Waals surface area contributed by atoms with Crippen molar-refractivity contribution >= 4 is 11.8 Å². The van der Waals surface area contributed by atoms with Crippen LogP contribution in [0.4, 0.5) is 0 Å². The first kappa shape index (κ1) is 23.6. The highest BCUT2D eigenvalue weighted by Gasteiger charge is 2.26. The Hall–Kier alpha value is -3.60. The average molecular weight is 457 g/mol. The molecule has 1 N–H and O–H groups in total. The lowest BCUT2D eigenvalue weighted by Gasteiger charge is -2.33. The SMILES string of the molecule is COc1ccc(C(=O)N2CCC[C@@H](c3cccc(C(=O)NCCCc4ccccc4)c3)C2)cc1. The second-order valence-corrected chi connectivity index (χ2v) is 8.79. The predicted molar refractivity (Wildman–Crippen MR) is 134 cm³/mol. The van der Waals surface area contributed by atoms with Crippen molar-refractivity contribution in [1.82, 2.24) is 10.2 Å². The molecule has 4 rings (SSSR count). The van der Waals surface area contributed by atoms with Crippen LogP contribution in [0.2, 0.25) is 0 Å². The van der Waals surface area contributed by atoms with Gasteiger partial charge in [-0.3, -0.25) is 9.59 Å². The molecule has 5 heteroatoms. The largest absolute Gasteiger partial charge is 0.497 e. The second kappa shape index (κ2) is 11.5. The van der Waals surface area contributed by atoms with Gasteiger partial charge in [0.15, 0.2) is 0 Å². The van der Waals surface area contributed by atoms with E-state index < -0.39 is 0 Å². The second-order valence-electron chi connectivity index (χ2n) is 8.79. The number of hydrogen-bond donors (Lipinski definition) is 1. The monoisotopic (exact) mass is 456 g/mol. The third-order valence-electron chi connectivity index (χ3n) is 6.44. The molecule has 1 fully saturated rings. The van der Waals surface area contributed by atoms with Crippen LogP contribution >= 0.6 is 0 Å². The molecular formula is C29H32N2O3. The van der Waals surface area contributed by atoms with E-state index in [2.05, 4.69) is 23.5 Å². The first-order valence-corrected chi connectivity index (χ1v) is 12.0. The summed E-state index contributed by atoms with van der Waals surface area (Å²) in [5, 5.41) is 3.04. The highest BCUT2D eigenvalue weighted by molar-refractivity contribution is 5.95. The van der Waals surface area contributed by atoms with Gasteiger partial charge in [0.25, 0.3) is 11.8 Å². The fourth-order valence-corrected chi connectivity index (χ4v) is 4.52. The van der Waals surface area contributed by atoms with Crippen LogP contribution in [0.15, 0.2) is 78.9 Å². The Morgan fingerprint density at radius 2 is 1.76 bits per heavy atom. The Bertz CT molecular complexity index is 1100. The van der Waals surface area contributed by atoms with E-state index in [1.807, 2.05) is 65.6 Å². The number of methoxy groups -OCH3 is 1. The van der Waals surface area contributed by atoms with Crippen LogP contribution in [0.25, 0.3) is 0 Å². The fourth-order valence-electron chi connectivity index (χ4n) is 4.52. The minimum Gasteiger partial charge on any atom is -0.497 e. The molecule has 0 aromatic heterocycles. The van der Waals surface area contributed by atoms with Gasteiger partial charge in [-0.2, -0.15) is 0 Å². The molecule has 0 aliphatic carbocycles. The zero-order chi connectivity index (χ0) is 23.8. The van der Waals surface area contributed by atoms with Crippen LogP contribution in [-0.4, -0.2) is 43.5 Å². The maximum absolute atomic E-state index is 13.0. The lowest BCUT2D eigenvalue weighted by Crippen LogP contribution is -2.39. The summed E-state index contributed by atoms with van der Waals surface area (Å²) in [5.74, 6) is 0.960. The summed E-state index contributed by atoms with van der Waals surface area (Å²) < 4.78 is 5.19. The molecule has 0 saturated carbocycles. The molecule has 2 amide bonds. The zero-order valence-electron chi connectivity index (χ0n) is 19.7. The van der Waals surface area contributed by atoms with Gasteiger partial charge in [-0.15, -0.1) is 0 Å². The summed E-state index contributed by atoms with van der Waals surface area (Å²) in [7, 11) is 1.62. The first-order valence-electron chi connectivity index (χ1n) is 12.0. The molecule has 0 radical (unpaired) electrons. The molecule has 3 aromatic rings. The van der Waals surface area contributed by atoms with Gasteiger partial charge in [0.05, 0.1) is 7.11 Å². The van der Waals surface area contributed by atoms with Gasteiger partial charge in [-0.1, -0.05) is 42.5 Å². The molecule has 1 atom stereocenters. The Morgan fingerprint density at radius 1 is 0.971 bits per heavy atom. The minimum atomic E-state index is -0.0445. The number of rotatable bonds is 8. The molecule has 1 saturated heterocycles. The highest BCUT2D eigenvalue weighted by Crippen LogP contribution is 2.28. The van der Waals surface area contributed by atoms with E-state index in [1.54, 1.807) is 7.11 Å². The number of ether oxygens (including phenoxy) is 1. The Labute approximate surface area is 201 Å². The number of carbonyl (C=O) groups is 2. The van der Waals surface area contributed by atoms with E-state index in [1.165, 1.54) is 5.56 Å². The number of hydrogen-bond acceptors (Lipinski definition) is 3. The molecule has 0 bridgehead atoms. The summed E-state index contributed by atoms with van der Waals surface area (Å²) >= 11 is 0. The quantitative estimate of drug-likeness (QED) is 0.481. The van der Waals surface area contributed by atoms with Crippen molar-refractivity contribution in [3.63, 3.8) is 0 Å². The maximum atomic E-state index is 13.0. The summed E-state index contributed by atoms with van der Waals surface area (Å²) in [5.41, 5.74) is 3.75. The summed E-state index contributed by atoms with van der Waals surface area (Å²) in [4.78, 5) is 27.7. The van der Waals surface area contributed by atoms with Crippen LogP contribution in [0.3, 0.4) is 0 Å². The third kappa shape index (κ3) is 6.04. The molecule has 0 spiro atoms. The van der Waals surface area contributed by atoms with Crippen molar-refractivity contribution in [3.8, 4) is 5.75 Å². The van der Waals surface area contributed by atoms with Gasteiger partial charge in [0.2, 0.25) is 0 Å². The third-order valence-corrected chi connectivity index (χ3v) is 6.44. The predicted octanol–water partition coefficient (Wildman–Crippen LogP) is 5.08. The van der Waals surface area contributed by atoms with Crippen LogP contribution in [-0.2, 0) is 6.42 Å². The van der Waals surface area contributed by atoms with E-state index >= 15 is 0 Å². The summed E-state index contributed by atoms with van der Waals surface area (Å²) in [6, 6.07) is 25.4. The number of amides is 2. The number of nitrogens with zero attached hydrogens (tertiary/aromatic N) is 1. The molecule has 5 nitrogen and oxygen atoms in total. The molecule has 176 valence electrons. The van der Waals surface area contributed by atoms with Gasteiger partial charge >= 0.3 is 0 Å². The van der Waals surface area contributed by atoms with Crippen LogP contribution in [0.1, 0.15) is 57.0 Å². The Kier molecular flexibility index (Phi) is 7.97. The Balaban J connectivity index is 1.33. The van der Waals surface area contributed by atoms with Crippen LogP contribution in [0, 0.1) is 0 Å². The molecule has 34 heavy (non-hydrogen) atoms. The number of nitrogens with one attached hydrogen (secondary N) is 1. The first-order chi connectivity index (χ1) is 16.6. The van der Waals surface area contributed by atoms with E-state index in [0.29, 0.717) is 24.2 Å². The van der Waals surface area contributed by atoms with E-state index in [0.717, 1.165) is 43.5 Å². The topological polar surface area (TPSA) is 58.6 Å². The number of likely N-dealkylation sites (tertiary alicyclic amines) is 1. The van der Waals surface area contributed by atoms with Crippen molar-refractivity contribution in [2.75, 3.05) is 26.7 Å². The summed E-state index contributed by atoms with van der Waals surface area (Å²) in [6.07, 6.45) is 3.80. The molecule has 3 aromatic carbocycles. The highest BCUT2D eigenvalue weighted by atomic mass is 16.5. The number of aryl methyl sites for hydroxylation is 1. The standard InChI is InChI=1S/C29H32N2O3/c1-34-27-16-14-23(15-17-27)29(33)31-19-7-13-26(21-31)24-11-5-12-25(20-24)28(32)30-18-6-10-22-8-3-2-4-9-22/h2-5,8-9,11-12,14-17,20,26H,6-7,10,13,18-19,21H2,1H3,(H,30,32)/t26-/m1/s1. The Morgan fingerprint density at radius 3 is 2.53 bits per heavy atom. The zero-order valence-corrected chi connectivity index (χ0v) is 19.7. The van der Waals surface area contributed by atoms with Crippen LogP contribution in [0.5, 0.6) is 5.75 Å². The van der Waals surface area contributed by atoms with Crippen molar-refractivity contribution in [2.45, 2.75) is 31.6 Å². The normalized spacial score (nSPS) is 15.6. The molecule has 1 aliphatic rings. The van der Waals surface area contributed by atoms with Crippen molar-refractivity contribution in [2.24, 2.45) is 0 Å². The number of piperidine rings is 1. The van der Waals surface area contributed by atoms with Gasteiger partial charge in [0.1, 0.15) is 5.75 Å². The van der Waals surface area contributed by atoms with Crippen molar-refractivity contribution in [1.29, 1.82) is 0 Å². The van der Waals surface area contributed by atoms with Crippen molar-refractivity contribution < 1.29 is 14.3 Å². The average Bonchev–Trinajstić information content (AvgIpc) is 2.91. The number of carbonyl (C=O) groups excluding carboxylic acids is 2. The van der Waals surface area contributed by atoms with Gasteiger partial charge in [-0.25, -0.2) is 0 Å². The molecule has 0 unspecified atom stereocenters. The maximum Gasteiger partial charge on any atom is 0.253 e. The molecule has 1 aliphatic heterocycles. The van der Waals surface area contributed by atoms with E-state index in [9.17, 15) is 9.59 Å². The van der Waals surface area contributed by atoms with Gasteiger partial charge in [0, 0.05) is 36.7 Å². The minimum absolute atomic E-state index is 0.0414. The van der Waals surface area contributed by atoms with Crippen molar-refractivity contribution in [3.05, 3.63) is 101 Å². The number of benzene rings is 3. The smallest absolute Gasteiger partial charge is 0.253 e. The van der Waals surface area contributed by atoms with E-state index in [4.69, 9.17) is 4.74 Å². The van der Waals surface area contributed by atoms with Crippen LogP contribution < -0.4 is 10.1 Å². The molecule has 1 heterocycles. The lowest BCUT2D eigenvalue weighted by molar-refractivity contribution is 0.0706. The molecular weight excluding hydrogens is 424 g/mol.